The lowest BCUT2D eigenvalue weighted by atomic mass is 10.0. The summed E-state index contributed by atoms with van der Waals surface area (Å²) in [5, 5.41) is 0. The number of rotatable bonds is 4. The molecule has 0 bridgehead atoms. The first kappa shape index (κ1) is 11.6. The Bertz CT molecular complexity index is 471. The van der Waals surface area contributed by atoms with Crippen molar-refractivity contribution in [2.24, 2.45) is 5.73 Å². The Morgan fingerprint density at radius 1 is 1.24 bits per heavy atom. The molecule has 3 heteroatoms. The molecule has 0 aliphatic carbocycles. The molecule has 0 aliphatic heterocycles. The molecule has 2 N–H and O–H groups in total. The van der Waals surface area contributed by atoms with Gasteiger partial charge in [-0.1, -0.05) is 18.2 Å². The summed E-state index contributed by atoms with van der Waals surface area (Å²) in [7, 11) is 1.66. The maximum absolute atomic E-state index is 6.12. The number of ether oxygens (including phenoxy) is 1. The van der Waals surface area contributed by atoms with Gasteiger partial charge in [0, 0.05) is 6.20 Å². The van der Waals surface area contributed by atoms with Crippen molar-refractivity contribution in [1.82, 2.24) is 4.98 Å². The van der Waals surface area contributed by atoms with E-state index in [-0.39, 0.29) is 6.04 Å². The molecule has 0 saturated heterocycles. The van der Waals surface area contributed by atoms with E-state index >= 15 is 0 Å². The molecule has 0 amide bonds. The van der Waals surface area contributed by atoms with E-state index in [1.807, 2.05) is 42.5 Å². The molecule has 1 aromatic heterocycles. The minimum atomic E-state index is -0.0803. The van der Waals surface area contributed by atoms with Gasteiger partial charge in [-0.3, -0.25) is 4.98 Å². The van der Waals surface area contributed by atoms with E-state index < -0.39 is 0 Å². The lowest BCUT2D eigenvalue weighted by Crippen LogP contribution is -2.14. The van der Waals surface area contributed by atoms with E-state index in [0.29, 0.717) is 0 Å². The normalized spacial score (nSPS) is 12.1. The van der Waals surface area contributed by atoms with Crippen molar-refractivity contribution in [3.05, 3.63) is 59.9 Å². The molecule has 0 aliphatic rings. The molecular weight excluding hydrogens is 212 g/mol. The molecule has 1 atom stereocenters. The Kier molecular flexibility index (Phi) is 3.73. The standard InChI is InChI=1S/C14H16N2O/c1-17-12-6-4-5-11(9-12)10-13(15)14-7-2-3-8-16-14/h2-9,13H,10,15H2,1H3. The van der Waals surface area contributed by atoms with Crippen LogP contribution in [-0.2, 0) is 6.42 Å². The first-order chi connectivity index (χ1) is 8.29. The van der Waals surface area contributed by atoms with Crippen LogP contribution in [0.3, 0.4) is 0 Å². The summed E-state index contributed by atoms with van der Waals surface area (Å²) in [6, 6.07) is 13.7. The average molecular weight is 228 g/mol. The molecule has 0 spiro atoms. The quantitative estimate of drug-likeness (QED) is 0.873. The largest absolute Gasteiger partial charge is 0.497 e. The van der Waals surface area contributed by atoms with Crippen LogP contribution in [0, 0.1) is 0 Å². The number of nitrogens with zero attached hydrogens (tertiary/aromatic N) is 1. The minimum Gasteiger partial charge on any atom is -0.497 e. The summed E-state index contributed by atoms with van der Waals surface area (Å²) in [6.45, 7) is 0. The lowest BCUT2D eigenvalue weighted by molar-refractivity contribution is 0.414. The third kappa shape index (κ3) is 3.04. The summed E-state index contributed by atoms with van der Waals surface area (Å²) in [4.78, 5) is 4.26. The van der Waals surface area contributed by atoms with Crippen molar-refractivity contribution in [1.29, 1.82) is 0 Å². The fraction of sp³-hybridized carbons (Fsp3) is 0.214. The van der Waals surface area contributed by atoms with Crippen LogP contribution in [0.5, 0.6) is 5.75 Å². The van der Waals surface area contributed by atoms with Crippen molar-refractivity contribution in [3.8, 4) is 5.75 Å². The Hall–Kier alpha value is -1.87. The first-order valence-electron chi connectivity index (χ1n) is 5.59. The van der Waals surface area contributed by atoms with Crippen LogP contribution in [0.2, 0.25) is 0 Å². The fourth-order valence-corrected chi connectivity index (χ4v) is 1.75. The van der Waals surface area contributed by atoms with Gasteiger partial charge in [0.1, 0.15) is 5.75 Å². The van der Waals surface area contributed by atoms with Crippen LogP contribution in [0.1, 0.15) is 17.3 Å². The van der Waals surface area contributed by atoms with Crippen LogP contribution in [0.15, 0.2) is 48.7 Å². The number of pyridine rings is 1. The van der Waals surface area contributed by atoms with E-state index in [1.165, 1.54) is 0 Å². The number of methoxy groups -OCH3 is 1. The van der Waals surface area contributed by atoms with Gasteiger partial charge in [0.2, 0.25) is 0 Å². The van der Waals surface area contributed by atoms with Crippen LogP contribution in [0.4, 0.5) is 0 Å². The zero-order valence-corrected chi connectivity index (χ0v) is 9.84. The molecule has 0 saturated carbocycles. The molecule has 1 unspecified atom stereocenters. The van der Waals surface area contributed by atoms with Gasteiger partial charge in [0.25, 0.3) is 0 Å². The molecule has 1 aromatic carbocycles. The average Bonchev–Trinajstić information content (AvgIpc) is 2.40. The molecule has 0 radical (unpaired) electrons. The summed E-state index contributed by atoms with van der Waals surface area (Å²) in [5.41, 5.74) is 8.18. The van der Waals surface area contributed by atoms with Crippen molar-refractivity contribution < 1.29 is 4.74 Å². The molecule has 0 fully saturated rings. The van der Waals surface area contributed by atoms with Crippen LogP contribution in [-0.4, -0.2) is 12.1 Å². The van der Waals surface area contributed by atoms with Gasteiger partial charge < -0.3 is 10.5 Å². The molecule has 3 nitrogen and oxygen atoms in total. The number of aromatic nitrogens is 1. The van der Waals surface area contributed by atoms with Gasteiger partial charge in [0.15, 0.2) is 0 Å². The Morgan fingerprint density at radius 3 is 2.82 bits per heavy atom. The summed E-state index contributed by atoms with van der Waals surface area (Å²) in [5.74, 6) is 0.857. The predicted molar refractivity (Wildman–Crippen MR) is 67.9 cm³/mol. The molecule has 1 heterocycles. The minimum absolute atomic E-state index is 0.0803. The van der Waals surface area contributed by atoms with Gasteiger partial charge >= 0.3 is 0 Å². The summed E-state index contributed by atoms with van der Waals surface area (Å²) in [6.07, 6.45) is 2.52. The zero-order chi connectivity index (χ0) is 12.1. The maximum atomic E-state index is 6.12. The second-order valence-electron chi connectivity index (χ2n) is 3.92. The first-order valence-corrected chi connectivity index (χ1v) is 5.59. The van der Waals surface area contributed by atoms with Crippen molar-refractivity contribution in [2.45, 2.75) is 12.5 Å². The maximum Gasteiger partial charge on any atom is 0.119 e. The molecule has 88 valence electrons. The highest BCUT2D eigenvalue weighted by atomic mass is 16.5. The van der Waals surface area contributed by atoms with Crippen molar-refractivity contribution >= 4 is 0 Å². The second kappa shape index (κ2) is 5.46. The monoisotopic (exact) mass is 228 g/mol. The lowest BCUT2D eigenvalue weighted by Gasteiger charge is -2.11. The highest BCUT2D eigenvalue weighted by molar-refractivity contribution is 5.29. The van der Waals surface area contributed by atoms with Crippen LogP contribution < -0.4 is 10.5 Å². The van der Waals surface area contributed by atoms with Gasteiger partial charge in [-0.2, -0.15) is 0 Å². The van der Waals surface area contributed by atoms with E-state index in [1.54, 1.807) is 13.3 Å². The van der Waals surface area contributed by atoms with Crippen LogP contribution in [0.25, 0.3) is 0 Å². The highest BCUT2D eigenvalue weighted by Crippen LogP contribution is 2.18. The number of nitrogens with two attached hydrogens (primary N) is 1. The number of hydrogen-bond acceptors (Lipinski definition) is 3. The molecule has 2 aromatic rings. The van der Waals surface area contributed by atoms with Crippen molar-refractivity contribution in [2.75, 3.05) is 7.11 Å². The van der Waals surface area contributed by atoms with E-state index in [0.717, 1.165) is 23.4 Å². The number of hydrogen-bond donors (Lipinski definition) is 1. The van der Waals surface area contributed by atoms with E-state index in [2.05, 4.69) is 4.98 Å². The van der Waals surface area contributed by atoms with Gasteiger partial charge in [0.05, 0.1) is 18.8 Å². The third-order valence-corrected chi connectivity index (χ3v) is 2.66. The highest BCUT2D eigenvalue weighted by Gasteiger charge is 2.08. The number of benzene rings is 1. The summed E-state index contributed by atoms with van der Waals surface area (Å²) >= 11 is 0. The smallest absolute Gasteiger partial charge is 0.119 e. The Labute approximate surface area is 101 Å². The molecular formula is C14H16N2O. The Morgan fingerprint density at radius 2 is 2.12 bits per heavy atom. The fourth-order valence-electron chi connectivity index (χ4n) is 1.75. The molecule has 2 rings (SSSR count). The van der Waals surface area contributed by atoms with E-state index in [9.17, 15) is 0 Å². The van der Waals surface area contributed by atoms with Crippen molar-refractivity contribution in [3.63, 3.8) is 0 Å². The zero-order valence-electron chi connectivity index (χ0n) is 9.84. The Balaban J connectivity index is 2.10. The van der Waals surface area contributed by atoms with E-state index in [4.69, 9.17) is 10.5 Å². The van der Waals surface area contributed by atoms with Gasteiger partial charge in [-0.05, 0) is 36.2 Å². The van der Waals surface area contributed by atoms with Crippen LogP contribution >= 0.6 is 0 Å². The van der Waals surface area contributed by atoms with Gasteiger partial charge in [-0.15, -0.1) is 0 Å². The third-order valence-electron chi connectivity index (χ3n) is 2.66. The SMILES string of the molecule is COc1cccc(CC(N)c2ccccn2)c1. The molecule has 17 heavy (non-hydrogen) atoms. The second-order valence-corrected chi connectivity index (χ2v) is 3.92. The predicted octanol–water partition coefficient (Wildman–Crippen LogP) is 2.33. The topological polar surface area (TPSA) is 48.1 Å². The van der Waals surface area contributed by atoms with Gasteiger partial charge in [-0.25, -0.2) is 0 Å². The summed E-state index contributed by atoms with van der Waals surface area (Å²) < 4.78 is 5.19.